The van der Waals surface area contributed by atoms with Crippen LogP contribution in [0.25, 0.3) is 78.1 Å². The monoisotopic (exact) mass is 620 g/mol. The maximum Gasteiger partial charge on any atom is 0.160 e. The lowest BCUT2D eigenvalue weighted by atomic mass is 9.93. The highest BCUT2D eigenvalue weighted by Crippen LogP contribution is 2.37. The van der Waals surface area contributed by atoms with E-state index in [0.29, 0.717) is 5.82 Å². The van der Waals surface area contributed by atoms with Gasteiger partial charge < -0.3 is 0 Å². The van der Waals surface area contributed by atoms with Gasteiger partial charge in [-0.05, 0) is 86.6 Å². The van der Waals surface area contributed by atoms with Crippen molar-refractivity contribution in [2.24, 2.45) is 0 Å². The number of rotatable bonds is 6. The van der Waals surface area contributed by atoms with Crippen molar-refractivity contribution < 1.29 is 0 Å². The first-order valence-corrected chi connectivity index (χ1v) is 16.1. The Labute approximate surface area is 279 Å². The minimum absolute atomic E-state index is 0.695. The molecule has 1 heterocycles. The number of nitrogens with zero attached hydrogens (tertiary/aromatic N) is 2. The predicted octanol–water partition coefficient (Wildman–Crippen LogP) is 12.3. The third-order valence-corrected chi connectivity index (χ3v) is 8.75. The summed E-state index contributed by atoms with van der Waals surface area (Å²) in [5.74, 6) is 0.695. The Morgan fingerprint density at radius 3 is 1.62 bits per heavy atom. The van der Waals surface area contributed by atoms with Gasteiger partial charge in [-0.25, -0.2) is 9.97 Å². The largest absolute Gasteiger partial charge is 0.228 e. The second-order valence-electron chi connectivity index (χ2n) is 11.6. The van der Waals surface area contributed by atoms with Crippen LogP contribution in [0.3, 0.4) is 0 Å². The lowest BCUT2D eigenvalue weighted by Crippen LogP contribution is -1.97. The summed E-state index contributed by atoms with van der Waals surface area (Å²) in [6.07, 6.45) is 0. The van der Waals surface area contributed by atoms with Gasteiger partial charge in [0.25, 0.3) is 0 Å². The molecular weight excluding hydrogens is 592 g/mol. The Hall–Kier alpha value is -5.83. The van der Waals surface area contributed by atoms with E-state index < -0.39 is 0 Å². The molecule has 0 aliphatic carbocycles. The average Bonchev–Trinajstić information content (AvgIpc) is 3.15. The topological polar surface area (TPSA) is 25.8 Å². The van der Waals surface area contributed by atoms with E-state index in [-0.39, 0.29) is 0 Å². The zero-order chi connectivity index (χ0) is 31.6. The van der Waals surface area contributed by atoms with Gasteiger partial charge in [0.2, 0.25) is 0 Å². The van der Waals surface area contributed by atoms with Crippen LogP contribution in [0.4, 0.5) is 0 Å². The number of hydrogen-bond acceptors (Lipinski definition) is 2. The summed E-state index contributed by atoms with van der Waals surface area (Å²) in [5.41, 5.74) is 11.6. The summed E-state index contributed by atoms with van der Waals surface area (Å²) in [5, 5.41) is 3.02. The first kappa shape index (κ1) is 28.6. The average molecular weight is 621 g/mol. The van der Waals surface area contributed by atoms with Gasteiger partial charge in [0, 0.05) is 21.7 Å². The summed E-state index contributed by atoms with van der Waals surface area (Å²) < 4.78 is 0. The van der Waals surface area contributed by atoms with Gasteiger partial charge in [0.15, 0.2) is 5.82 Å². The quantitative estimate of drug-likeness (QED) is 0.185. The first-order valence-electron chi connectivity index (χ1n) is 15.7. The van der Waals surface area contributed by atoms with Gasteiger partial charge in [-0.1, -0.05) is 145 Å². The number of aromatic nitrogens is 2. The summed E-state index contributed by atoms with van der Waals surface area (Å²) in [6.45, 7) is 0. The molecule has 0 atom stereocenters. The molecule has 0 saturated heterocycles. The van der Waals surface area contributed by atoms with Crippen LogP contribution < -0.4 is 0 Å². The highest BCUT2D eigenvalue weighted by Gasteiger charge is 2.15. The maximum atomic E-state index is 6.35. The lowest BCUT2D eigenvalue weighted by molar-refractivity contribution is 1.18. The molecule has 0 N–H and O–H groups in total. The Kier molecular flexibility index (Phi) is 7.62. The minimum atomic E-state index is 0.695. The van der Waals surface area contributed by atoms with Crippen LogP contribution in [0.1, 0.15) is 0 Å². The molecule has 0 radical (unpaired) electrons. The Morgan fingerprint density at radius 2 is 0.872 bits per heavy atom. The fraction of sp³-hybridized carbons (Fsp3) is 0. The number of halogens is 1. The molecule has 47 heavy (non-hydrogen) atoms. The van der Waals surface area contributed by atoms with Gasteiger partial charge in [-0.2, -0.15) is 0 Å². The third kappa shape index (κ3) is 5.95. The van der Waals surface area contributed by atoms with Gasteiger partial charge in [-0.3, -0.25) is 0 Å². The van der Waals surface area contributed by atoms with Crippen molar-refractivity contribution in [3.05, 3.63) is 181 Å². The van der Waals surface area contributed by atoms with Crippen LogP contribution in [0.5, 0.6) is 0 Å². The summed E-state index contributed by atoms with van der Waals surface area (Å²) in [6, 6.07) is 61.1. The van der Waals surface area contributed by atoms with Crippen molar-refractivity contribution in [3.63, 3.8) is 0 Å². The molecule has 0 saturated carbocycles. The second-order valence-corrected chi connectivity index (χ2v) is 12.0. The summed E-state index contributed by atoms with van der Waals surface area (Å²) in [4.78, 5) is 10.3. The van der Waals surface area contributed by atoms with Gasteiger partial charge >= 0.3 is 0 Å². The highest BCUT2D eigenvalue weighted by atomic mass is 35.5. The molecule has 0 fully saturated rings. The van der Waals surface area contributed by atoms with Gasteiger partial charge in [0.05, 0.1) is 11.4 Å². The zero-order valence-electron chi connectivity index (χ0n) is 25.5. The molecule has 0 amide bonds. The van der Waals surface area contributed by atoms with E-state index in [0.717, 1.165) is 71.7 Å². The molecule has 8 aromatic rings. The molecule has 3 heteroatoms. The van der Waals surface area contributed by atoms with E-state index >= 15 is 0 Å². The molecule has 0 aliphatic heterocycles. The van der Waals surface area contributed by atoms with Crippen LogP contribution in [0.15, 0.2) is 176 Å². The Bertz CT molecular complexity index is 2360. The Morgan fingerprint density at radius 1 is 0.340 bits per heavy atom. The maximum absolute atomic E-state index is 6.35. The van der Waals surface area contributed by atoms with Crippen LogP contribution in [-0.2, 0) is 0 Å². The number of hydrogen-bond donors (Lipinski definition) is 0. The fourth-order valence-corrected chi connectivity index (χ4v) is 6.36. The molecule has 0 bridgehead atoms. The highest BCUT2D eigenvalue weighted by molar-refractivity contribution is 6.30. The third-order valence-electron chi connectivity index (χ3n) is 8.52. The molecule has 8 rings (SSSR count). The predicted molar refractivity (Wildman–Crippen MR) is 197 cm³/mol. The standard InChI is InChI=1S/C44H29ClN2/c45-39-22-11-20-35(27-39)33-18-9-19-34(24-33)38-26-36-16-7-8-23-40(36)41(28-38)43-29-42(46-44(47-43)31-14-5-2-6-15-31)37-21-10-17-32(25-37)30-12-3-1-4-13-30/h1-29H. The smallest absolute Gasteiger partial charge is 0.160 e. The SMILES string of the molecule is Clc1cccc(-c2cccc(-c3cc(-c4cc(-c5cccc(-c6ccccc6)c5)nc(-c5ccccc5)n4)c4ccccc4c3)c2)c1. The lowest BCUT2D eigenvalue weighted by Gasteiger charge is -2.14. The van der Waals surface area contributed by atoms with Crippen LogP contribution in [0.2, 0.25) is 5.02 Å². The molecule has 2 nitrogen and oxygen atoms in total. The summed E-state index contributed by atoms with van der Waals surface area (Å²) >= 11 is 6.35. The summed E-state index contributed by atoms with van der Waals surface area (Å²) in [7, 11) is 0. The van der Waals surface area contributed by atoms with Crippen molar-refractivity contribution in [1.29, 1.82) is 0 Å². The van der Waals surface area contributed by atoms with E-state index in [1.165, 1.54) is 5.56 Å². The first-order chi connectivity index (χ1) is 23.2. The van der Waals surface area contributed by atoms with Crippen molar-refractivity contribution in [2.45, 2.75) is 0 Å². The van der Waals surface area contributed by atoms with Crippen molar-refractivity contribution >= 4 is 22.4 Å². The van der Waals surface area contributed by atoms with E-state index in [4.69, 9.17) is 21.6 Å². The van der Waals surface area contributed by atoms with Crippen LogP contribution in [-0.4, -0.2) is 9.97 Å². The molecular formula is C44H29ClN2. The van der Waals surface area contributed by atoms with E-state index in [2.05, 4.69) is 133 Å². The molecule has 0 aliphatic rings. The van der Waals surface area contributed by atoms with E-state index in [1.807, 2.05) is 42.5 Å². The fourth-order valence-electron chi connectivity index (χ4n) is 6.17. The van der Waals surface area contributed by atoms with E-state index in [9.17, 15) is 0 Å². The normalized spacial score (nSPS) is 11.1. The second kappa shape index (κ2) is 12.5. The van der Waals surface area contributed by atoms with Gasteiger partial charge in [0.1, 0.15) is 0 Å². The van der Waals surface area contributed by atoms with Gasteiger partial charge in [-0.15, -0.1) is 0 Å². The van der Waals surface area contributed by atoms with Crippen LogP contribution >= 0.6 is 11.6 Å². The molecule has 7 aromatic carbocycles. The number of benzene rings is 7. The van der Waals surface area contributed by atoms with Crippen molar-refractivity contribution in [3.8, 4) is 67.3 Å². The van der Waals surface area contributed by atoms with Crippen LogP contribution in [0, 0.1) is 0 Å². The van der Waals surface area contributed by atoms with Crippen molar-refractivity contribution in [2.75, 3.05) is 0 Å². The Balaban J connectivity index is 1.32. The number of fused-ring (bicyclic) bond motifs is 1. The molecule has 1 aromatic heterocycles. The zero-order valence-corrected chi connectivity index (χ0v) is 26.3. The molecule has 0 unspecified atom stereocenters. The molecule has 222 valence electrons. The van der Waals surface area contributed by atoms with E-state index in [1.54, 1.807) is 0 Å². The minimum Gasteiger partial charge on any atom is -0.228 e. The molecule has 0 spiro atoms. The van der Waals surface area contributed by atoms with Crippen molar-refractivity contribution in [1.82, 2.24) is 9.97 Å².